The SMILES string of the molecule is Cc1ccc(OCC(=O)N2CCN(C(=O)c3ccc(C)cc3C)CC2)cc1. The number of nitrogens with zero attached hydrogens (tertiary/aromatic N) is 2. The van der Waals surface area contributed by atoms with Gasteiger partial charge in [-0.1, -0.05) is 35.4 Å². The Morgan fingerprint density at radius 2 is 1.44 bits per heavy atom. The lowest BCUT2D eigenvalue weighted by Gasteiger charge is -2.35. The molecule has 2 aromatic carbocycles. The molecule has 0 radical (unpaired) electrons. The van der Waals surface area contributed by atoms with Crippen molar-refractivity contribution < 1.29 is 14.3 Å². The largest absolute Gasteiger partial charge is 0.484 e. The summed E-state index contributed by atoms with van der Waals surface area (Å²) in [5.41, 5.74) is 4.03. The van der Waals surface area contributed by atoms with Gasteiger partial charge < -0.3 is 14.5 Å². The van der Waals surface area contributed by atoms with E-state index in [1.54, 1.807) is 4.90 Å². The Morgan fingerprint density at radius 1 is 0.852 bits per heavy atom. The average Bonchev–Trinajstić information content (AvgIpc) is 2.67. The van der Waals surface area contributed by atoms with Crippen LogP contribution >= 0.6 is 0 Å². The molecular formula is C22H26N2O3. The molecule has 0 atom stereocenters. The van der Waals surface area contributed by atoms with Crippen molar-refractivity contribution in [1.82, 2.24) is 9.80 Å². The van der Waals surface area contributed by atoms with Gasteiger partial charge in [-0.05, 0) is 44.5 Å². The fourth-order valence-electron chi connectivity index (χ4n) is 3.25. The van der Waals surface area contributed by atoms with E-state index < -0.39 is 0 Å². The zero-order valence-corrected chi connectivity index (χ0v) is 16.2. The Morgan fingerprint density at radius 3 is 2.07 bits per heavy atom. The maximum atomic E-state index is 12.7. The predicted molar refractivity (Wildman–Crippen MR) is 105 cm³/mol. The average molecular weight is 366 g/mol. The molecule has 2 aromatic rings. The van der Waals surface area contributed by atoms with E-state index in [0.29, 0.717) is 31.9 Å². The maximum Gasteiger partial charge on any atom is 0.260 e. The zero-order valence-electron chi connectivity index (χ0n) is 16.2. The molecule has 0 saturated carbocycles. The van der Waals surface area contributed by atoms with Crippen molar-refractivity contribution in [3.63, 3.8) is 0 Å². The molecule has 27 heavy (non-hydrogen) atoms. The van der Waals surface area contributed by atoms with Crippen molar-refractivity contribution in [2.45, 2.75) is 20.8 Å². The summed E-state index contributed by atoms with van der Waals surface area (Å²) in [7, 11) is 0. The second kappa shape index (κ2) is 8.25. The molecule has 0 aliphatic carbocycles. The van der Waals surface area contributed by atoms with E-state index in [9.17, 15) is 9.59 Å². The summed E-state index contributed by atoms with van der Waals surface area (Å²) in [5, 5.41) is 0. The number of piperazine rings is 1. The lowest BCUT2D eigenvalue weighted by Crippen LogP contribution is -2.51. The molecule has 142 valence electrons. The van der Waals surface area contributed by atoms with Crippen LogP contribution in [0.25, 0.3) is 0 Å². The summed E-state index contributed by atoms with van der Waals surface area (Å²) < 4.78 is 5.57. The van der Waals surface area contributed by atoms with Crippen LogP contribution in [-0.2, 0) is 4.79 Å². The van der Waals surface area contributed by atoms with Crippen LogP contribution in [0.5, 0.6) is 5.75 Å². The normalized spacial score (nSPS) is 14.2. The third kappa shape index (κ3) is 4.67. The van der Waals surface area contributed by atoms with Crippen molar-refractivity contribution in [3.8, 4) is 5.75 Å². The Bertz CT molecular complexity index is 822. The van der Waals surface area contributed by atoms with E-state index in [0.717, 1.165) is 22.3 Å². The van der Waals surface area contributed by atoms with Gasteiger partial charge in [0.1, 0.15) is 5.75 Å². The molecule has 0 N–H and O–H groups in total. The number of benzene rings is 2. The third-order valence-electron chi connectivity index (χ3n) is 4.92. The maximum absolute atomic E-state index is 12.7. The van der Waals surface area contributed by atoms with E-state index in [2.05, 4.69) is 0 Å². The number of hydrogen-bond donors (Lipinski definition) is 0. The molecule has 0 aromatic heterocycles. The topological polar surface area (TPSA) is 49.9 Å². The molecule has 1 aliphatic rings. The molecule has 0 unspecified atom stereocenters. The summed E-state index contributed by atoms with van der Waals surface area (Å²) in [4.78, 5) is 28.7. The standard InChI is InChI=1S/C22H26N2O3/c1-16-4-7-19(8-5-16)27-15-21(25)23-10-12-24(13-11-23)22(26)20-9-6-17(2)14-18(20)3/h4-9,14H,10-13,15H2,1-3H3. The zero-order chi connectivity index (χ0) is 19.4. The second-order valence-corrected chi connectivity index (χ2v) is 7.09. The van der Waals surface area contributed by atoms with Gasteiger partial charge in [0.15, 0.2) is 6.61 Å². The van der Waals surface area contributed by atoms with Gasteiger partial charge >= 0.3 is 0 Å². The molecule has 5 nitrogen and oxygen atoms in total. The van der Waals surface area contributed by atoms with Crippen LogP contribution in [0.4, 0.5) is 0 Å². The summed E-state index contributed by atoms with van der Waals surface area (Å²) in [6.45, 7) is 8.17. The highest BCUT2D eigenvalue weighted by molar-refractivity contribution is 5.96. The molecule has 0 spiro atoms. The highest BCUT2D eigenvalue weighted by atomic mass is 16.5. The number of carbonyl (C=O) groups excluding carboxylic acids is 2. The van der Waals surface area contributed by atoms with Gasteiger partial charge in [-0.25, -0.2) is 0 Å². The van der Waals surface area contributed by atoms with Crippen LogP contribution in [0.15, 0.2) is 42.5 Å². The number of hydrogen-bond acceptors (Lipinski definition) is 3. The highest BCUT2D eigenvalue weighted by Crippen LogP contribution is 2.15. The van der Waals surface area contributed by atoms with E-state index >= 15 is 0 Å². The van der Waals surface area contributed by atoms with Gasteiger partial charge in [0.2, 0.25) is 0 Å². The number of aryl methyl sites for hydroxylation is 3. The highest BCUT2D eigenvalue weighted by Gasteiger charge is 2.25. The monoisotopic (exact) mass is 366 g/mol. The lowest BCUT2D eigenvalue weighted by atomic mass is 10.0. The first kappa shape index (κ1) is 19.0. The molecular weight excluding hydrogens is 340 g/mol. The minimum absolute atomic E-state index is 0.0219. The first-order valence-electron chi connectivity index (χ1n) is 9.28. The lowest BCUT2D eigenvalue weighted by molar-refractivity contribution is -0.134. The predicted octanol–water partition coefficient (Wildman–Crippen LogP) is 2.98. The Balaban J connectivity index is 1.51. The molecule has 2 amide bonds. The van der Waals surface area contributed by atoms with Gasteiger partial charge in [0.25, 0.3) is 11.8 Å². The second-order valence-electron chi connectivity index (χ2n) is 7.09. The molecule has 1 heterocycles. The smallest absolute Gasteiger partial charge is 0.260 e. The first-order chi connectivity index (χ1) is 12.9. The van der Waals surface area contributed by atoms with Crippen LogP contribution < -0.4 is 4.74 Å². The van der Waals surface area contributed by atoms with Crippen molar-refractivity contribution in [2.24, 2.45) is 0 Å². The minimum Gasteiger partial charge on any atom is -0.484 e. The van der Waals surface area contributed by atoms with Gasteiger partial charge in [-0.2, -0.15) is 0 Å². The quantitative estimate of drug-likeness (QED) is 0.836. The molecule has 3 rings (SSSR count). The van der Waals surface area contributed by atoms with Crippen LogP contribution in [0.1, 0.15) is 27.0 Å². The minimum atomic E-state index is -0.0470. The molecule has 0 bridgehead atoms. The summed E-state index contributed by atoms with van der Waals surface area (Å²) in [5.74, 6) is 0.683. The fourth-order valence-corrected chi connectivity index (χ4v) is 3.25. The molecule has 5 heteroatoms. The van der Waals surface area contributed by atoms with Crippen LogP contribution in [-0.4, -0.2) is 54.4 Å². The Labute approximate surface area is 160 Å². The fraction of sp³-hybridized carbons (Fsp3) is 0.364. The summed E-state index contributed by atoms with van der Waals surface area (Å²) in [6.07, 6.45) is 0. The van der Waals surface area contributed by atoms with Gasteiger partial charge in [0, 0.05) is 31.7 Å². The van der Waals surface area contributed by atoms with Crippen molar-refractivity contribution >= 4 is 11.8 Å². The third-order valence-corrected chi connectivity index (χ3v) is 4.92. The molecule has 1 aliphatic heterocycles. The molecule has 1 fully saturated rings. The Hall–Kier alpha value is -2.82. The summed E-state index contributed by atoms with van der Waals surface area (Å²) >= 11 is 0. The van der Waals surface area contributed by atoms with Crippen molar-refractivity contribution in [2.75, 3.05) is 32.8 Å². The van der Waals surface area contributed by atoms with E-state index in [1.165, 1.54) is 0 Å². The van der Waals surface area contributed by atoms with Gasteiger partial charge in [0.05, 0.1) is 0 Å². The number of amides is 2. The first-order valence-corrected chi connectivity index (χ1v) is 9.28. The number of carbonyl (C=O) groups is 2. The van der Waals surface area contributed by atoms with Gasteiger partial charge in [-0.3, -0.25) is 9.59 Å². The van der Waals surface area contributed by atoms with E-state index in [1.807, 2.05) is 68.1 Å². The van der Waals surface area contributed by atoms with E-state index in [-0.39, 0.29) is 18.4 Å². The van der Waals surface area contributed by atoms with Crippen LogP contribution in [0.2, 0.25) is 0 Å². The van der Waals surface area contributed by atoms with E-state index in [4.69, 9.17) is 4.74 Å². The molecule has 1 saturated heterocycles. The number of ether oxygens (including phenoxy) is 1. The van der Waals surface area contributed by atoms with Crippen molar-refractivity contribution in [3.05, 3.63) is 64.7 Å². The summed E-state index contributed by atoms with van der Waals surface area (Å²) in [6, 6.07) is 13.5. The van der Waals surface area contributed by atoms with Crippen LogP contribution in [0, 0.1) is 20.8 Å². The van der Waals surface area contributed by atoms with Crippen molar-refractivity contribution in [1.29, 1.82) is 0 Å². The number of rotatable bonds is 4. The Kier molecular flexibility index (Phi) is 5.79. The van der Waals surface area contributed by atoms with Crippen LogP contribution in [0.3, 0.4) is 0 Å². The van der Waals surface area contributed by atoms with Gasteiger partial charge in [-0.15, -0.1) is 0 Å².